The van der Waals surface area contributed by atoms with Gasteiger partial charge in [0.15, 0.2) is 35.4 Å². The summed E-state index contributed by atoms with van der Waals surface area (Å²) in [7, 11) is -5.33. The summed E-state index contributed by atoms with van der Waals surface area (Å²) in [5.41, 5.74) is 1.73. The third-order valence-corrected chi connectivity index (χ3v) is 12.9. The molecule has 0 saturated carbocycles. The first-order valence-electron chi connectivity index (χ1n) is 13.0. The van der Waals surface area contributed by atoms with Gasteiger partial charge in [0.25, 0.3) is 0 Å². The Labute approximate surface area is 243 Å². The first kappa shape index (κ1) is 31.2. The van der Waals surface area contributed by atoms with Crippen molar-refractivity contribution < 1.29 is 32.9 Å². The van der Waals surface area contributed by atoms with Crippen LogP contribution in [0.15, 0.2) is 36.7 Å². The summed E-state index contributed by atoms with van der Waals surface area (Å²) in [5, 5.41) is 3.19. The summed E-state index contributed by atoms with van der Waals surface area (Å²) in [6.45, 7) is 7.76. The maximum atomic E-state index is 13.2. The Bertz CT molecular complexity index is 1510. The number of benzene rings is 1. The summed E-state index contributed by atoms with van der Waals surface area (Å²) in [4.78, 5) is 37.4. The van der Waals surface area contributed by atoms with Gasteiger partial charge in [0.1, 0.15) is 6.10 Å². The topological polar surface area (TPSA) is 152 Å². The lowest BCUT2D eigenvalue weighted by atomic mass is 10.1. The summed E-state index contributed by atoms with van der Waals surface area (Å²) in [5.74, 6) is -0.695. The second-order valence-corrected chi connectivity index (χ2v) is 18.4. The van der Waals surface area contributed by atoms with Gasteiger partial charge in [-0.25, -0.2) is 4.98 Å². The predicted molar refractivity (Wildman–Crippen MR) is 156 cm³/mol. The van der Waals surface area contributed by atoms with Gasteiger partial charge in [0.05, 0.1) is 26.5 Å². The van der Waals surface area contributed by atoms with Gasteiger partial charge in [0, 0.05) is 26.6 Å². The average molecular weight is 626 g/mol. The Kier molecular flexibility index (Phi) is 9.59. The molecule has 0 radical (unpaired) electrons. The highest BCUT2D eigenvalue weighted by Gasteiger charge is 2.50. The molecule has 12 nitrogen and oxygen atoms in total. The monoisotopic (exact) mass is 625 g/mol. The Morgan fingerprint density at radius 2 is 1.71 bits per heavy atom. The van der Waals surface area contributed by atoms with E-state index < -0.39 is 50.8 Å². The lowest BCUT2D eigenvalue weighted by Crippen LogP contribution is -2.39. The summed E-state index contributed by atoms with van der Waals surface area (Å²) < 4.78 is 44.7. The fourth-order valence-corrected chi connectivity index (χ4v) is 12.3. The molecule has 0 spiro atoms. The molecule has 2 aromatic heterocycles. The van der Waals surface area contributed by atoms with Crippen LogP contribution in [0, 0.1) is 0 Å². The van der Waals surface area contributed by atoms with Crippen molar-refractivity contribution in [2.45, 2.75) is 51.4 Å². The Morgan fingerprint density at radius 3 is 2.34 bits per heavy atom. The van der Waals surface area contributed by atoms with Crippen LogP contribution in [-0.4, -0.2) is 81.8 Å². The van der Waals surface area contributed by atoms with Gasteiger partial charge in [-0.2, -0.15) is 9.97 Å². The number of rotatable bonds is 11. The number of imidazole rings is 1. The van der Waals surface area contributed by atoms with Gasteiger partial charge in [-0.05, 0) is 43.6 Å². The molecule has 222 valence electrons. The number of fused-ring (bicyclic) bond motifs is 1. The van der Waals surface area contributed by atoms with Gasteiger partial charge in [-0.15, -0.1) is 0 Å². The molecule has 1 aliphatic rings. The normalized spacial score (nSPS) is 22.3. The maximum Gasteiger partial charge on any atom is 0.303 e. The van der Waals surface area contributed by atoms with Crippen LogP contribution >= 0.6 is 25.9 Å². The summed E-state index contributed by atoms with van der Waals surface area (Å²) in [6, 6.07) is 9.71. The van der Waals surface area contributed by atoms with Crippen molar-refractivity contribution in [2.24, 2.45) is 0 Å². The van der Waals surface area contributed by atoms with E-state index in [1.165, 1.54) is 20.2 Å². The zero-order valence-electron chi connectivity index (χ0n) is 23.5. The van der Waals surface area contributed by atoms with Crippen LogP contribution in [0.2, 0.25) is 5.28 Å². The third kappa shape index (κ3) is 8.16. The molecule has 3 heterocycles. The van der Waals surface area contributed by atoms with Crippen LogP contribution in [0.25, 0.3) is 11.2 Å². The quantitative estimate of drug-likeness (QED) is 0.177. The molecule has 0 bridgehead atoms. The van der Waals surface area contributed by atoms with E-state index in [-0.39, 0.29) is 23.8 Å². The van der Waals surface area contributed by atoms with Crippen molar-refractivity contribution in [1.29, 1.82) is 0 Å². The Morgan fingerprint density at radius 1 is 1.05 bits per heavy atom. The number of halogens is 1. The smallest absolute Gasteiger partial charge is 0.303 e. The molecule has 4 rings (SSSR count). The van der Waals surface area contributed by atoms with E-state index in [0.717, 1.165) is 5.56 Å². The van der Waals surface area contributed by atoms with Crippen molar-refractivity contribution >= 4 is 54.8 Å². The fraction of sp³-hybridized carbons (Fsp3) is 0.500. The Balaban J connectivity index is 1.67. The first-order chi connectivity index (χ1) is 19.2. The number of ether oxygens (including phenoxy) is 3. The van der Waals surface area contributed by atoms with E-state index in [2.05, 4.69) is 20.3 Å². The first-order valence-corrected chi connectivity index (χ1v) is 18.7. The molecule has 1 aromatic carbocycles. The number of hydrogen-bond acceptors (Lipinski definition) is 11. The van der Waals surface area contributed by atoms with Crippen LogP contribution in [-0.2, 0) is 39.5 Å². The molecular weight excluding hydrogens is 592 g/mol. The number of nitrogens with one attached hydrogen (secondary N) is 1. The molecule has 0 aliphatic carbocycles. The van der Waals surface area contributed by atoms with E-state index in [1.54, 1.807) is 24.6 Å². The number of anilines is 1. The summed E-state index contributed by atoms with van der Waals surface area (Å²) >= 11 is 6.29. The minimum atomic E-state index is -2.80. The molecule has 1 fully saturated rings. The van der Waals surface area contributed by atoms with Gasteiger partial charge >= 0.3 is 11.9 Å². The molecule has 0 amide bonds. The van der Waals surface area contributed by atoms with Crippen molar-refractivity contribution in [2.75, 3.05) is 37.4 Å². The van der Waals surface area contributed by atoms with Crippen molar-refractivity contribution in [3.05, 3.63) is 47.5 Å². The van der Waals surface area contributed by atoms with Crippen LogP contribution < -0.4 is 5.32 Å². The van der Waals surface area contributed by atoms with E-state index >= 15 is 0 Å². The van der Waals surface area contributed by atoms with Crippen LogP contribution in [0.5, 0.6) is 0 Å². The van der Waals surface area contributed by atoms with Crippen LogP contribution in [0.3, 0.4) is 0 Å². The van der Waals surface area contributed by atoms with Crippen molar-refractivity contribution in [1.82, 2.24) is 19.5 Å². The Hall–Kier alpha value is -2.78. The molecule has 15 heteroatoms. The standard InChI is InChI=1S/C26H34ClN5O7P2/c1-16(33)37-21-19(11-12-41(5,36)15-40(3,4)35)39-25(22(21)38-17(2)34)32-14-29-20-23(30-26(27)31-24(20)32)28-13-18-9-7-6-8-10-18/h6-10,14,19,21-22,25H,11-13,15H2,1-5H3,(H,28,30,31)/t19-,21?,22+,25-,41?/m1/s1. The predicted octanol–water partition coefficient (Wildman–Crippen LogP) is 4.82. The van der Waals surface area contributed by atoms with Crippen molar-refractivity contribution in [3.63, 3.8) is 0 Å². The van der Waals surface area contributed by atoms with Gasteiger partial charge in [0.2, 0.25) is 5.28 Å². The van der Waals surface area contributed by atoms with Crippen molar-refractivity contribution in [3.8, 4) is 0 Å². The highest BCUT2D eigenvalue weighted by atomic mass is 35.5. The highest BCUT2D eigenvalue weighted by molar-refractivity contribution is 7.79. The molecule has 1 aliphatic heterocycles. The van der Waals surface area contributed by atoms with Crippen LogP contribution in [0.1, 0.15) is 32.1 Å². The van der Waals surface area contributed by atoms with E-state index in [1.807, 2.05) is 30.3 Å². The molecule has 3 aromatic rings. The SMILES string of the molecule is CC(=O)OC1[C@@H](CCP(C)(=O)CP(C)(C)=O)O[C@@H](n2cnc3c(NCc4ccccc4)nc(Cl)nc32)[C@H]1OC(C)=O. The number of esters is 2. The van der Waals surface area contributed by atoms with E-state index in [4.69, 9.17) is 25.8 Å². The van der Waals surface area contributed by atoms with Gasteiger partial charge in [-0.3, -0.25) is 14.2 Å². The maximum absolute atomic E-state index is 13.2. The lowest BCUT2D eigenvalue weighted by Gasteiger charge is -2.24. The van der Waals surface area contributed by atoms with Crippen LogP contribution in [0.4, 0.5) is 5.82 Å². The molecule has 1 saturated heterocycles. The van der Waals surface area contributed by atoms with E-state index in [0.29, 0.717) is 23.5 Å². The number of carbonyl (C=O) groups excluding carboxylic acids is 2. The molecule has 5 atom stereocenters. The van der Waals surface area contributed by atoms with E-state index in [9.17, 15) is 18.7 Å². The number of carbonyl (C=O) groups is 2. The molecule has 1 N–H and O–H groups in total. The zero-order chi connectivity index (χ0) is 29.9. The average Bonchev–Trinajstić information content (AvgIpc) is 3.41. The fourth-order valence-electron chi connectivity index (χ4n) is 4.99. The largest absolute Gasteiger partial charge is 0.456 e. The minimum absolute atomic E-state index is 0.0413. The second-order valence-electron chi connectivity index (χ2n) is 10.7. The minimum Gasteiger partial charge on any atom is -0.456 e. The number of hydrogen-bond donors (Lipinski definition) is 1. The number of aromatic nitrogens is 4. The number of nitrogens with zero attached hydrogens (tertiary/aromatic N) is 4. The molecular formula is C26H34ClN5O7P2. The zero-order valence-corrected chi connectivity index (χ0v) is 26.1. The molecule has 41 heavy (non-hydrogen) atoms. The van der Waals surface area contributed by atoms with Gasteiger partial charge < -0.3 is 28.7 Å². The molecule has 2 unspecified atom stereocenters. The van der Waals surface area contributed by atoms with Gasteiger partial charge in [-0.1, -0.05) is 30.3 Å². The third-order valence-electron chi connectivity index (χ3n) is 6.39. The second kappa shape index (κ2) is 12.6. The summed E-state index contributed by atoms with van der Waals surface area (Å²) in [6.07, 6.45) is -1.95. The highest BCUT2D eigenvalue weighted by Crippen LogP contribution is 2.56. The lowest BCUT2D eigenvalue weighted by molar-refractivity contribution is -0.165.